The van der Waals surface area contributed by atoms with E-state index < -0.39 is 0 Å². The van der Waals surface area contributed by atoms with Gasteiger partial charge in [0.2, 0.25) is 5.75 Å². The molecule has 0 aliphatic carbocycles. The summed E-state index contributed by atoms with van der Waals surface area (Å²) in [4.78, 5) is 8.47. The van der Waals surface area contributed by atoms with Crippen LogP contribution < -0.4 is 15.4 Å². The van der Waals surface area contributed by atoms with E-state index >= 15 is 0 Å². The van der Waals surface area contributed by atoms with Crippen molar-refractivity contribution in [2.24, 2.45) is 7.05 Å². The van der Waals surface area contributed by atoms with E-state index in [2.05, 4.69) is 37.7 Å². The molecule has 0 saturated carbocycles. The Balaban J connectivity index is 2.21. The Labute approximate surface area is 124 Å². The van der Waals surface area contributed by atoms with E-state index in [0.29, 0.717) is 17.4 Å². The summed E-state index contributed by atoms with van der Waals surface area (Å²) in [6.07, 6.45) is 4.18. The summed E-state index contributed by atoms with van der Waals surface area (Å²) in [5.41, 5.74) is 0. The predicted molar refractivity (Wildman–Crippen MR) is 80.4 cm³/mol. The first-order valence-corrected chi connectivity index (χ1v) is 6.90. The lowest BCUT2D eigenvalue weighted by atomic mass is 10.3. The highest BCUT2D eigenvalue weighted by Gasteiger charge is 2.17. The van der Waals surface area contributed by atoms with Gasteiger partial charge in [0.25, 0.3) is 0 Å². The van der Waals surface area contributed by atoms with Crippen LogP contribution in [0.3, 0.4) is 0 Å². The molecule has 8 heteroatoms. The zero-order valence-corrected chi connectivity index (χ0v) is 12.8. The molecule has 0 aliphatic rings. The number of nitrogens with one attached hydrogen (secondary N) is 2. The van der Waals surface area contributed by atoms with Crippen molar-refractivity contribution < 1.29 is 4.74 Å². The molecule has 0 amide bonds. The largest absolute Gasteiger partial charge is 0.490 e. The van der Waals surface area contributed by atoms with E-state index in [0.717, 1.165) is 18.8 Å². The van der Waals surface area contributed by atoms with Gasteiger partial charge in [-0.3, -0.25) is 0 Å². The molecule has 114 valence electrons. The molecule has 21 heavy (non-hydrogen) atoms. The normalized spacial score (nSPS) is 12.0. The topological polar surface area (TPSA) is 89.8 Å². The first-order chi connectivity index (χ1) is 10.2. The van der Waals surface area contributed by atoms with Gasteiger partial charge in [0.15, 0.2) is 17.5 Å². The number of hydrogen-bond donors (Lipinski definition) is 2. The summed E-state index contributed by atoms with van der Waals surface area (Å²) in [6.45, 7) is 4.91. The second kappa shape index (κ2) is 6.87. The SMILES string of the molecule is CCCNc1ncnc(NC(C)c2nncn2C)c1OC. The molecule has 1 atom stereocenters. The van der Waals surface area contributed by atoms with Crippen molar-refractivity contribution in [3.05, 3.63) is 18.5 Å². The number of hydrogen-bond acceptors (Lipinski definition) is 7. The average Bonchev–Trinajstić information content (AvgIpc) is 2.91. The molecule has 2 aromatic heterocycles. The van der Waals surface area contributed by atoms with E-state index in [1.165, 1.54) is 6.33 Å². The third kappa shape index (κ3) is 3.39. The van der Waals surface area contributed by atoms with Crippen LogP contribution in [0.15, 0.2) is 12.7 Å². The summed E-state index contributed by atoms with van der Waals surface area (Å²) in [5, 5.41) is 14.5. The Hall–Kier alpha value is -2.38. The third-order valence-electron chi connectivity index (χ3n) is 3.04. The van der Waals surface area contributed by atoms with E-state index in [9.17, 15) is 0 Å². The standard InChI is InChI=1S/C13H21N7O/c1-5-6-14-11-10(21-4)12(16-7-15-11)18-9(2)13-19-17-8-20(13)3/h7-9H,5-6H2,1-4H3,(H2,14,15,16,18). The lowest BCUT2D eigenvalue weighted by Crippen LogP contribution is -2.14. The van der Waals surface area contributed by atoms with E-state index in [1.54, 1.807) is 13.4 Å². The lowest BCUT2D eigenvalue weighted by Gasteiger charge is -2.17. The molecule has 2 heterocycles. The van der Waals surface area contributed by atoms with Crippen molar-refractivity contribution in [1.82, 2.24) is 24.7 Å². The molecule has 0 spiro atoms. The maximum Gasteiger partial charge on any atom is 0.204 e. The molecule has 1 unspecified atom stereocenters. The van der Waals surface area contributed by atoms with Crippen molar-refractivity contribution in [1.29, 1.82) is 0 Å². The Kier molecular flexibility index (Phi) is 4.91. The smallest absolute Gasteiger partial charge is 0.204 e. The molecule has 0 radical (unpaired) electrons. The zero-order chi connectivity index (χ0) is 15.2. The molecule has 0 fully saturated rings. The fourth-order valence-corrected chi connectivity index (χ4v) is 1.99. The maximum atomic E-state index is 5.43. The average molecular weight is 291 g/mol. The van der Waals surface area contributed by atoms with Gasteiger partial charge in [0, 0.05) is 13.6 Å². The highest BCUT2D eigenvalue weighted by molar-refractivity contribution is 5.63. The number of anilines is 2. The number of aryl methyl sites for hydroxylation is 1. The quantitative estimate of drug-likeness (QED) is 0.801. The van der Waals surface area contributed by atoms with Gasteiger partial charge in [-0.25, -0.2) is 9.97 Å². The minimum absolute atomic E-state index is 0.0553. The Morgan fingerprint density at radius 2 is 2.10 bits per heavy atom. The molecule has 2 aromatic rings. The van der Waals surface area contributed by atoms with Gasteiger partial charge in [0.05, 0.1) is 13.2 Å². The Morgan fingerprint density at radius 3 is 2.71 bits per heavy atom. The van der Waals surface area contributed by atoms with Crippen molar-refractivity contribution in [2.45, 2.75) is 26.3 Å². The Morgan fingerprint density at radius 1 is 1.33 bits per heavy atom. The monoisotopic (exact) mass is 291 g/mol. The second-order valence-electron chi connectivity index (χ2n) is 4.70. The van der Waals surface area contributed by atoms with Crippen LogP contribution in [0.1, 0.15) is 32.1 Å². The van der Waals surface area contributed by atoms with Crippen LogP contribution in [0, 0.1) is 0 Å². The number of nitrogens with zero attached hydrogens (tertiary/aromatic N) is 5. The maximum absolute atomic E-state index is 5.43. The highest BCUT2D eigenvalue weighted by atomic mass is 16.5. The van der Waals surface area contributed by atoms with E-state index in [4.69, 9.17) is 4.74 Å². The molecule has 0 bridgehead atoms. The van der Waals surface area contributed by atoms with Gasteiger partial charge >= 0.3 is 0 Å². The third-order valence-corrected chi connectivity index (χ3v) is 3.04. The van der Waals surface area contributed by atoms with Crippen LogP contribution in [0.5, 0.6) is 5.75 Å². The van der Waals surface area contributed by atoms with Gasteiger partial charge in [-0.2, -0.15) is 0 Å². The minimum Gasteiger partial charge on any atom is -0.490 e. The molecular weight excluding hydrogens is 270 g/mol. The zero-order valence-electron chi connectivity index (χ0n) is 12.8. The molecule has 8 nitrogen and oxygen atoms in total. The Bertz CT molecular complexity index is 584. The van der Waals surface area contributed by atoms with Gasteiger partial charge in [0.1, 0.15) is 12.7 Å². The minimum atomic E-state index is -0.0553. The molecule has 2 N–H and O–H groups in total. The predicted octanol–water partition coefficient (Wildman–Crippen LogP) is 1.61. The highest BCUT2D eigenvalue weighted by Crippen LogP contribution is 2.31. The van der Waals surface area contributed by atoms with Gasteiger partial charge in [-0.1, -0.05) is 6.92 Å². The first kappa shape index (κ1) is 15.0. The van der Waals surface area contributed by atoms with Gasteiger partial charge < -0.3 is 19.9 Å². The fourth-order valence-electron chi connectivity index (χ4n) is 1.99. The molecule has 0 aromatic carbocycles. The van der Waals surface area contributed by atoms with Crippen LogP contribution in [0.4, 0.5) is 11.6 Å². The van der Waals surface area contributed by atoms with Crippen molar-refractivity contribution in [2.75, 3.05) is 24.3 Å². The number of methoxy groups -OCH3 is 1. The first-order valence-electron chi connectivity index (χ1n) is 6.90. The van der Waals surface area contributed by atoms with Crippen LogP contribution >= 0.6 is 0 Å². The van der Waals surface area contributed by atoms with E-state index in [-0.39, 0.29) is 6.04 Å². The molecule has 2 rings (SSSR count). The molecule has 0 aliphatic heterocycles. The van der Waals surface area contributed by atoms with Crippen LogP contribution in [-0.2, 0) is 7.05 Å². The summed E-state index contributed by atoms with van der Waals surface area (Å²) in [6, 6.07) is -0.0553. The summed E-state index contributed by atoms with van der Waals surface area (Å²) in [5.74, 6) is 2.72. The molecule has 0 saturated heterocycles. The van der Waals surface area contributed by atoms with Crippen LogP contribution in [-0.4, -0.2) is 38.4 Å². The van der Waals surface area contributed by atoms with Crippen molar-refractivity contribution >= 4 is 11.6 Å². The summed E-state index contributed by atoms with van der Waals surface area (Å²) in [7, 11) is 3.51. The fraction of sp³-hybridized carbons (Fsp3) is 0.538. The number of ether oxygens (including phenoxy) is 1. The lowest BCUT2D eigenvalue weighted by molar-refractivity contribution is 0.414. The summed E-state index contributed by atoms with van der Waals surface area (Å²) < 4.78 is 7.29. The van der Waals surface area contributed by atoms with Crippen molar-refractivity contribution in [3.63, 3.8) is 0 Å². The molecular formula is C13H21N7O. The number of rotatable bonds is 7. The van der Waals surface area contributed by atoms with Crippen molar-refractivity contribution in [3.8, 4) is 5.75 Å². The van der Waals surface area contributed by atoms with Crippen LogP contribution in [0.2, 0.25) is 0 Å². The number of aromatic nitrogens is 5. The van der Waals surface area contributed by atoms with Gasteiger partial charge in [-0.15, -0.1) is 10.2 Å². The van der Waals surface area contributed by atoms with Crippen LogP contribution in [0.25, 0.3) is 0 Å². The van der Waals surface area contributed by atoms with Gasteiger partial charge in [-0.05, 0) is 13.3 Å². The summed E-state index contributed by atoms with van der Waals surface area (Å²) >= 11 is 0. The second-order valence-corrected chi connectivity index (χ2v) is 4.70. The van der Waals surface area contributed by atoms with E-state index in [1.807, 2.05) is 18.5 Å².